The fourth-order valence-electron chi connectivity index (χ4n) is 2.93. The summed E-state index contributed by atoms with van der Waals surface area (Å²) in [5.74, 6) is -0.309. The van der Waals surface area contributed by atoms with Gasteiger partial charge in [0.1, 0.15) is 6.54 Å². The van der Waals surface area contributed by atoms with Gasteiger partial charge in [-0.05, 0) is 55.3 Å². The summed E-state index contributed by atoms with van der Waals surface area (Å²) in [5, 5.41) is 2.85. The van der Waals surface area contributed by atoms with Gasteiger partial charge < -0.3 is 15.1 Å². The summed E-state index contributed by atoms with van der Waals surface area (Å²) in [6, 6.07) is 11.0. The predicted molar refractivity (Wildman–Crippen MR) is 112 cm³/mol. The maximum Gasteiger partial charge on any atom is 0.253 e. The van der Waals surface area contributed by atoms with Crippen LogP contribution in [0.4, 0.5) is 11.4 Å². The molecule has 0 aliphatic carbocycles. The quantitative estimate of drug-likeness (QED) is 0.861. The second-order valence-electron chi connectivity index (χ2n) is 7.00. The number of thioether (sulfide) groups is 1. The normalized spacial score (nSPS) is 13.1. The number of amides is 3. The van der Waals surface area contributed by atoms with E-state index in [2.05, 4.69) is 5.32 Å². The second kappa shape index (κ2) is 8.06. The van der Waals surface area contributed by atoms with Gasteiger partial charge >= 0.3 is 0 Å². The summed E-state index contributed by atoms with van der Waals surface area (Å²) in [6.45, 7) is 3.89. The van der Waals surface area contributed by atoms with Crippen LogP contribution in [0.3, 0.4) is 0 Å². The van der Waals surface area contributed by atoms with E-state index in [1.165, 1.54) is 21.6 Å². The van der Waals surface area contributed by atoms with E-state index < -0.39 is 0 Å². The Morgan fingerprint density at radius 3 is 2.54 bits per heavy atom. The molecule has 2 aromatic carbocycles. The summed E-state index contributed by atoms with van der Waals surface area (Å²) in [7, 11) is 3.35. The fraction of sp³-hybridized carbons (Fsp3) is 0.286. The number of nitrogens with zero attached hydrogens (tertiary/aromatic N) is 2. The first-order valence-corrected chi connectivity index (χ1v) is 9.91. The van der Waals surface area contributed by atoms with Gasteiger partial charge in [0.05, 0.1) is 11.4 Å². The number of carbonyl (C=O) groups is 3. The molecule has 28 heavy (non-hydrogen) atoms. The Hall–Kier alpha value is -2.80. The molecule has 0 saturated heterocycles. The largest absolute Gasteiger partial charge is 0.345 e. The highest BCUT2D eigenvalue weighted by atomic mass is 32.2. The van der Waals surface area contributed by atoms with Crippen LogP contribution in [0.5, 0.6) is 0 Å². The lowest BCUT2D eigenvalue weighted by Gasteiger charge is -2.29. The average Bonchev–Trinajstić information content (AvgIpc) is 2.66. The van der Waals surface area contributed by atoms with Crippen molar-refractivity contribution in [3.63, 3.8) is 0 Å². The Morgan fingerprint density at radius 1 is 1.11 bits per heavy atom. The molecule has 2 aromatic rings. The Kier molecular flexibility index (Phi) is 5.74. The summed E-state index contributed by atoms with van der Waals surface area (Å²) < 4.78 is 0. The number of benzene rings is 2. The molecule has 1 aliphatic heterocycles. The van der Waals surface area contributed by atoms with E-state index in [-0.39, 0.29) is 30.0 Å². The van der Waals surface area contributed by atoms with Crippen molar-refractivity contribution in [2.45, 2.75) is 18.7 Å². The molecule has 0 saturated carbocycles. The fourth-order valence-corrected chi connectivity index (χ4v) is 3.85. The number of anilines is 2. The van der Waals surface area contributed by atoms with E-state index in [9.17, 15) is 14.4 Å². The Balaban J connectivity index is 1.82. The van der Waals surface area contributed by atoms with E-state index >= 15 is 0 Å². The SMILES string of the molecule is Cc1ccc(NC(=O)CN2C(=O)CSc3ccc(C(=O)N(C)C)cc32)cc1C. The van der Waals surface area contributed by atoms with Crippen molar-refractivity contribution < 1.29 is 14.4 Å². The minimum atomic E-state index is -0.279. The lowest BCUT2D eigenvalue weighted by molar-refractivity contribution is -0.120. The van der Waals surface area contributed by atoms with Crippen LogP contribution >= 0.6 is 11.8 Å². The lowest BCUT2D eigenvalue weighted by atomic mass is 10.1. The van der Waals surface area contributed by atoms with Gasteiger partial charge in [-0.1, -0.05) is 6.07 Å². The molecule has 3 amide bonds. The van der Waals surface area contributed by atoms with Crippen LogP contribution in [-0.2, 0) is 9.59 Å². The van der Waals surface area contributed by atoms with Gasteiger partial charge in [-0.15, -0.1) is 11.8 Å². The van der Waals surface area contributed by atoms with Crippen molar-refractivity contribution in [1.82, 2.24) is 4.90 Å². The molecule has 0 atom stereocenters. The maximum absolute atomic E-state index is 12.6. The van der Waals surface area contributed by atoms with Crippen molar-refractivity contribution in [2.75, 3.05) is 36.6 Å². The first-order chi connectivity index (χ1) is 13.3. The van der Waals surface area contributed by atoms with Crippen molar-refractivity contribution in [3.05, 3.63) is 53.1 Å². The van der Waals surface area contributed by atoms with Gasteiger partial charge in [-0.3, -0.25) is 14.4 Å². The molecule has 1 heterocycles. The summed E-state index contributed by atoms with van der Waals surface area (Å²) in [4.78, 5) is 41.2. The third kappa shape index (κ3) is 4.20. The maximum atomic E-state index is 12.6. The highest BCUT2D eigenvalue weighted by molar-refractivity contribution is 8.00. The van der Waals surface area contributed by atoms with Crippen LogP contribution in [-0.4, -0.2) is 49.0 Å². The molecule has 1 N–H and O–H groups in total. The van der Waals surface area contributed by atoms with Crippen molar-refractivity contribution in [3.8, 4) is 0 Å². The molecule has 0 radical (unpaired) electrons. The van der Waals surface area contributed by atoms with Crippen LogP contribution in [0.1, 0.15) is 21.5 Å². The molecule has 0 spiro atoms. The molecule has 1 aliphatic rings. The van der Waals surface area contributed by atoms with E-state index in [0.717, 1.165) is 16.0 Å². The molecular formula is C21H23N3O3S. The summed E-state index contributed by atoms with van der Waals surface area (Å²) >= 11 is 1.42. The Labute approximate surface area is 168 Å². The zero-order valence-corrected chi connectivity index (χ0v) is 17.2. The second-order valence-corrected chi connectivity index (χ2v) is 8.02. The number of hydrogen-bond acceptors (Lipinski definition) is 4. The zero-order chi connectivity index (χ0) is 20.4. The molecule has 6 nitrogen and oxygen atoms in total. The van der Waals surface area contributed by atoms with E-state index in [1.807, 2.05) is 38.1 Å². The monoisotopic (exact) mass is 397 g/mol. The van der Waals surface area contributed by atoms with E-state index in [0.29, 0.717) is 16.9 Å². The number of carbonyl (C=O) groups excluding carboxylic acids is 3. The number of rotatable bonds is 4. The minimum Gasteiger partial charge on any atom is -0.345 e. The molecule has 0 bridgehead atoms. The molecule has 3 rings (SSSR count). The molecule has 146 valence electrons. The van der Waals surface area contributed by atoms with Gasteiger partial charge in [0, 0.05) is 30.2 Å². The number of nitrogens with one attached hydrogen (secondary N) is 1. The minimum absolute atomic E-state index is 0.0983. The van der Waals surface area contributed by atoms with E-state index in [4.69, 9.17) is 0 Å². The average molecular weight is 398 g/mol. The molecule has 0 aromatic heterocycles. The van der Waals surface area contributed by atoms with Gasteiger partial charge in [-0.25, -0.2) is 0 Å². The van der Waals surface area contributed by atoms with Crippen LogP contribution in [0.25, 0.3) is 0 Å². The first kappa shape index (κ1) is 19.9. The molecule has 0 fully saturated rings. The van der Waals surface area contributed by atoms with Gasteiger partial charge in [0.15, 0.2) is 0 Å². The third-order valence-corrected chi connectivity index (χ3v) is 5.69. The van der Waals surface area contributed by atoms with Crippen molar-refractivity contribution >= 4 is 40.9 Å². The topological polar surface area (TPSA) is 69.7 Å². The lowest BCUT2D eigenvalue weighted by Crippen LogP contribution is -2.41. The molecule has 0 unspecified atom stereocenters. The standard InChI is InChI=1S/C21H23N3O3S/c1-13-5-7-16(9-14(13)2)22-19(25)11-24-17-10-15(21(27)23(3)4)6-8-18(17)28-12-20(24)26/h5-10H,11-12H2,1-4H3,(H,22,25). The molecule has 7 heteroatoms. The predicted octanol–water partition coefficient (Wildman–Crippen LogP) is 3.08. The summed E-state index contributed by atoms with van der Waals surface area (Å²) in [5.41, 5.74) is 4.01. The zero-order valence-electron chi connectivity index (χ0n) is 16.4. The highest BCUT2D eigenvalue weighted by Gasteiger charge is 2.27. The van der Waals surface area contributed by atoms with Crippen molar-refractivity contribution in [2.24, 2.45) is 0 Å². The third-order valence-electron chi connectivity index (χ3n) is 4.65. The molecular weight excluding hydrogens is 374 g/mol. The first-order valence-electron chi connectivity index (χ1n) is 8.92. The number of aryl methyl sites for hydroxylation is 2. The van der Waals surface area contributed by atoms with Crippen LogP contribution < -0.4 is 10.2 Å². The Bertz CT molecular complexity index is 956. The van der Waals surface area contributed by atoms with Gasteiger partial charge in [-0.2, -0.15) is 0 Å². The van der Waals surface area contributed by atoms with Crippen molar-refractivity contribution in [1.29, 1.82) is 0 Å². The Morgan fingerprint density at radius 2 is 1.86 bits per heavy atom. The van der Waals surface area contributed by atoms with Crippen LogP contribution in [0.2, 0.25) is 0 Å². The van der Waals surface area contributed by atoms with Gasteiger partial charge in [0.25, 0.3) is 5.91 Å². The smallest absolute Gasteiger partial charge is 0.253 e. The van der Waals surface area contributed by atoms with Crippen LogP contribution in [0, 0.1) is 13.8 Å². The van der Waals surface area contributed by atoms with Gasteiger partial charge in [0.2, 0.25) is 11.8 Å². The van der Waals surface area contributed by atoms with Crippen LogP contribution in [0.15, 0.2) is 41.3 Å². The number of fused-ring (bicyclic) bond motifs is 1. The number of hydrogen-bond donors (Lipinski definition) is 1. The summed E-state index contributed by atoms with van der Waals surface area (Å²) in [6.07, 6.45) is 0. The highest BCUT2D eigenvalue weighted by Crippen LogP contribution is 2.36. The van der Waals surface area contributed by atoms with E-state index in [1.54, 1.807) is 26.2 Å².